The van der Waals surface area contributed by atoms with E-state index in [1.165, 1.54) is 36.2 Å². The van der Waals surface area contributed by atoms with Gasteiger partial charge in [-0.2, -0.15) is 0 Å². The topological polar surface area (TPSA) is 81.9 Å². The van der Waals surface area contributed by atoms with Gasteiger partial charge in [0, 0.05) is 31.3 Å². The van der Waals surface area contributed by atoms with Gasteiger partial charge in [0.25, 0.3) is 5.56 Å². The van der Waals surface area contributed by atoms with Gasteiger partial charge < -0.3 is 4.57 Å². The summed E-state index contributed by atoms with van der Waals surface area (Å²) in [7, 11) is -1.66. The molecule has 1 aromatic carbocycles. The van der Waals surface area contributed by atoms with Gasteiger partial charge in [0.05, 0.1) is 15.8 Å². The van der Waals surface area contributed by atoms with Gasteiger partial charge in [0.2, 0.25) is 0 Å². The first-order valence-electron chi connectivity index (χ1n) is 8.97. The van der Waals surface area contributed by atoms with Crippen LogP contribution in [0.1, 0.15) is 24.8 Å². The molecule has 4 rings (SSSR count). The maximum absolute atomic E-state index is 12.4. The molecule has 1 aliphatic rings. The first kappa shape index (κ1) is 17.9. The maximum Gasteiger partial charge on any atom is 0.261 e. The molecule has 6 nitrogen and oxygen atoms in total. The fourth-order valence-corrected chi connectivity index (χ4v) is 4.07. The van der Waals surface area contributed by atoms with Gasteiger partial charge in [-0.25, -0.2) is 18.4 Å². The largest absolute Gasteiger partial charge is 0.317 e. The van der Waals surface area contributed by atoms with Crippen molar-refractivity contribution >= 4 is 20.7 Å². The number of hydrogen-bond donors (Lipinski definition) is 0. The lowest BCUT2D eigenvalue weighted by atomic mass is 9.95. The van der Waals surface area contributed by atoms with Gasteiger partial charge >= 0.3 is 0 Å². The Morgan fingerprint density at radius 1 is 1.22 bits per heavy atom. The van der Waals surface area contributed by atoms with Gasteiger partial charge in [-0.15, -0.1) is 0 Å². The molecular weight excluding hydrogens is 362 g/mol. The lowest BCUT2D eigenvalue weighted by molar-refractivity contribution is 0.602. The summed E-state index contributed by atoms with van der Waals surface area (Å²) in [6.07, 6.45) is 10.4. The molecule has 0 saturated heterocycles. The molecular formula is C20H21N3O3S. The van der Waals surface area contributed by atoms with Crippen molar-refractivity contribution in [1.29, 1.82) is 0 Å². The third kappa shape index (κ3) is 3.51. The summed E-state index contributed by atoms with van der Waals surface area (Å²) in [5, 5.41) is 0.426. The van der Waals surface area contributed by atoms with Gasteiger partial charge in [0.1, 0.15) is 6.33 Å². The molecule has 0 aliphatic heterocycles. The van der Waals surface area contributed by atoms with E-state index in [1.807, 2.05) is 6.07 Å². The fraction of sp³-hybridized carbons (Fsp3) is 0.350. The normalized spacial score (nSPS) is 14.6. The Hall–Kier alpha value is -2.54. The zero-order chi connectivity index (χ0) is 19.2. The van der Waals surface area contributed by atoms with Crippen LogP contribution in [0.2, 0.25) is 0 Å². The minimum atomic E-state index is -3.34. The molecule has 0 atom stereocenters. The van der Waals surface area contributed by atoms with E-state index in [4.69, 9.17) is 0 Å². The molecule has 27 heavy (non-hydrogen) atoms. The van der Waals surface area contributed by atoms with E-state index in [-0.39, 0.29) is 10.5 Å². The molecule has 0 bridgehead atoms. The number of aromatic nitrogens is 3. The van der Waals surface area contributed by atoms with E-state index in [9.17, 15) is 13.2 Å². The molecule has 1 fully saturated rings. The number of hydrogen-bond acceptors (Lipinski definition) is 5. The summed E-state index contributed by atoms with van der Waals surface area (Å²) < 4.78 is 25.7. The van der Waals surface area contributed by atoms with Gasteiger partial charge in [-0.1, -0.05) is 18.9 Å². The SMILES string of the molecule is Cn1cc(-c2cc(S(C)(=O)=O)ccc2CCC2CC2)c2ncncc2c1=O. The maximum atomic E-state index is 12.4. The number of rotatable bonds is 5. The van der Waals surface area contributed by atoms with Gasteiger partial charge in [-0.05, 0) is 42.0 Å². The predicted molar refractivity (Wildman–Crippen MR) is 104 cm³/mol. The van der Waals surface area contributed by atoms with E-state index in [1.54, 1.807) is 25.4 Å². The fourth-order valence-electron chi connectivity index (χ4n) is 3.42. The van der Waals surface area contributed by atoms with Crippen LogP contribution in [-0.4, -0.2) is 29.2 Å². The molecule has 1 aliphatic carbocycles. The van der Waals surface area contributed by atoms with Crippen molar-refractivity contribution in [1.82, 2.24) is 14.5 Å². The molecule has 7 heteroatoms. The van der Waals surface area contributed by atoms with Crippen molar-refractivity contribution < 1.29 is 8.42 Å². The third-order valence-electron chi connectivity index (χ3n) is 5.16. The van der Waals surface area contributed by atoms with Crippen molar-refractivity contribution in [2.45, 2.75) is 30.6 Å². The summed E-state index contributed by atoms with van der Waals surface area (Å²) in [6.45, 7) is 0. The van der Waals surface area contributed by atoms with Crippen LogP contribution >= 0.6 is 0 Å². The number of fused-ring (bicyclic) bond motifs is 1. The molecule has 0 unspecified atom stereocenters. The first-order valence-corrected chi connectivity index (χ1v) is 10.9. The van der Waals surface area contributed by atoms with Crippen molar-refractivity contribution in [3.05, 3.63) is 52.8 Å². The highest BCUT2D eigenvalue weighted by atomic mass is 32.2. The molecule has 2 aromatic heterocycles. The van der Waals surface area contributed by atoms with Gasteiger partial charge in [0.15, 0.2) is 9.84 Å². The van der Waals surface area contributed by atoms with E-state index >= 15 is 0 Å². The Morgan fingerprint density at radius 3 is 2.70 bits per heavy atom. The second-order valence-electron chi connectivity index (χ2n) is 7.32. The Bertz CT molecular complexity index is 1190. The Balaban J connectivity index is 1.97. The Labute approximate surface area is 157 Å². The Morgan fingerprint density at radius 2 is 2.00 bits per heavy atom. The van der Waals surface area contributed by atoms with Crippen LogP contribution in [0.25, 0.3) is 22.0 Å². The van der Waals surface area contributed by atoms with Crippen LogP contribution < -0.4 is 5.56 Å². The highest BCUT2D eigenvalue weighted by Gasteiger charge is 2.22. The average Bonchev–Trinajstić information content (AvgIpc) is 3.47. The molecule has 0 amide bonds. The highest BCUT2D eigenvalue weighted by molar-refractivity contribution is 7.90. The number of pyridine rings is 1. The molecule has 1 saturated carbocycles. The van der Waals surface area contributed by atoms with Crippen LogP contribution in [0, 0.1) is 5.92 Å². The van der Waals surface area contributed by atoms with E-state index in [0.717, 1.165) is 35.4 Å². The van der Waals surface area contributed by atoms with Crippen LogP contribution in [0.15, 0.2) is 46.6 Å². The number of sulfone groups is 1. The monoisotopic (exact) mass is 383 g/mol. The molecule has 0 N–H and O–H groups in total. The average molecular weight is 383 g/mol. The zero-order valence-corrected chi connectivity index (χ0v) is 16.2. The lowest BCUT2D eigenvalue weighted by Gasteiger charge is -2.14. The summed E-state index contributed by atoms with van der Waals surface area (Å²) in [5.74, 6) is 0.770. The van der Waals surface area contributed by atoms with E-state index in [2.05, 4.69) is 9.97 Å². The summed E-state index contributed by atoms with van der Waals surface area (Å²) in [5.41, 5.74) is 3.02. The van der Waals surface area contributed by atoms with Crippen LogP contribution in [0.3, 0.4) is 0 Å². The predicted octanol–water partition coefficient (Wildman–Crippen LogP) is 2.74. The smallest absolute Gasteiger partial charge is 0.261 e. The number of nitrogens with zero attached hydrogens (tertiary/aromatic N) is 3. The van der Waals surface area contributed by atoms with Crippen LogP contribution in [0.5, 0.6) is 0 Å². The molecule has 3 aromatic rings. The third-order valence-corrected chi connectivity index (χ3v) is 6.27. The van der Waals surface area contributed by atoms with Crippen molar-refractivity contribution in [3.63, 3.8) is 0 Å². The number of aryl methyl sites for hydroxylation is 2. The van der Waals surface area contributed by atoms with Crippen molar-refractivity contribution in [3.8, 4) is 11.1 Å². The second-order valence-corrected chi connectivity index (χ2v) is 9.33. The van der Waals surface area contributed by atoms with Crippen LogP contribution in [0.4, 0.5) is 0 Å². The van der Waals surface area contributed by atoms with Gasteiger partial charge in [-0.3, -0.25) is 4.79 Å². The lowest BCUT2D eigenvalue weighted by Crippen LogP contribution is -2.17. The molecule has 0 spiro atoms. The highest BCUT2D eigenvalue weighted by Crippen LogP contribution is 2.36. The standard InChI is InChI=1S/C20H21N3O3S/c1-23-11-18(19-17(20(23)24)10-21-12-22-19)16-9-15(27(2,25)26)8-7-14(16)6-5-13-3-4-13/h7-13H,3-6H2,1-2H3. The molecule has 2 heterocycles. The van der Waals surface area contributed by atoms with E-state index < -0.39 is 9.84 Å². The quantitative estimate of drug-likeness (QED) is 0.677. The van der Waals surface area contributed by atoms with Crippen molar-refractivity contribution in [2.24, 2.45) is 13.0 Å². The summed E-state index contributed by atoms with van der Waals surface area (Å²) in [6, 6.07) is 5.27. The second kappa shape index (κ2) is 6.56. The summed E-state index contributed by atoms with van der Waals surface area (Å²) >= 11 is 0. The Kier molecular flexibility index (Phi) is 4.34. The minimum absolute atomic E-state index is 0.173. The summed E-state index contributed by atoms with van der Waals surface area (Å²) in [4.78, 5) is 21.0. The molecule has 140 valence electrons. The first-order chi connectivity index (χ1) is 12.8. The minimum Gasteiger partial charge on any atom is -0.317 e. The zero-order valence-electron chi connectivity index (χ0n) is 15.3. The van der Waals surface area contributed by atoms with Crippen molar-refractivity contribution in [2.75, 3.05) is 6.26 Å². The van der Waals surface area contributed by atoms with Crippen LogP contribution in [-0.2, 0) is 23.3 Å². The van der Waals surface area contributed by atoms with E-state index in [0.29, 0.717) is 10.9 Å². The molecule has 0 radical (unpaired) electrons. The number of benzene rings is 1.